The summed E-state index contributed by atoms with van der Waals surface area (Å²) in [7, 11) is 0. The van der Waals surface area contributed by atoms with Crippen LogP contribution in [0.1, 0.15) is 5.01 Å². The number of benzene rings is 1. The molecule has 0 aliphatic heterocycles. The molecule has 0 spiro atoms. The Bertz CT molecular complexity index is 604. The van der Waals surface area contributed by atoms with Gasteiger partial charge >= 0.3 is 0 Å². The van der Waals surface area contributed by atoms with Crippen LogP contribution in [0.15, 0.2) is 0 Å². The molecule has 19 heavy (non-hydrogen) atoms. The van der Waals surface area contributed by atoms with Crippen LogP contribution in [-0.2, 0) is 6.61 Å². The zero-order valence-corrected chi connectivity index (χ0v) is 9.70. The van der Waals surface area contributed by atoms with Gasteiger partial charge in [-0.15, -0.1) is 10.2 Å². The van der Waals surface area contributed by atoms with E-state index in [0.717, 1.165) is 11.3 Å². The van der Waals surface area contributed by atoms with Crippen molar-refractivity contribution in [1.29, 1.82) is 0 Å². The average molecular weight is 297 g/mol. The Balaban J connectivity index is 2.30. The van der Waals surface area contributed by atoms with Gasteiger partial charge in [-0.3, -0.25) is 0 Å². The van der Waals surface area contributed by atoms with Crippen molar-refractivity contribution < 1.29 is 26.7 Å². The maximum Gasteiger partial charge on any atom is 0.207 e. The van der Waals surface area contributed by atoms with Crippen molar-refractivity contribution in [1.82, 2.24) is 10.2 Å². The zero-order chi connectivity index (χ0) is 14.2. The van der Waals surface area contributed by atoms with Crippen LogP contribution in [0.25, 0.3) is 0 Å². The van der Waals surface area contributed by atoms with Gasteiger partial charge in [0.15, 0.2) is 10.8 Å². The molecule has 0 saturated heterocycles. The number of nitrogens with two attached hydrogens (primary N) is 1. The summed E-state index contributed by atoms with van der Waals surface area (Å²) in [4.78, 5) is 0. The first kappa shape index (κ1) is 13.5. The van der Waals surface area contributed by atoms with E-state index >= 15 is 0 Å². The van der Waals surface area contributed by atoms with Crippen LogP contribution in [0.4, 0.5) is 27.1 Å². The lowest BCUT2D eigenvalue weighted by atomic mass is 10.2. The van der Waals surface area contributed by atoms with Gasteiger partial charge in [-0.1, -0.05) is 11.3 Å². The summed E-state index contributed by atoms with van der Waals surface area (Å²) in [6, 6.07) is 0. The lowest BCUT2D eigenvalue weighted by Crippen LogP contribution is -2.07. The second-order valence-corrected chi connectivity index (χ2v) is 4.32. The summed E-state index contributed by atoms with van der Waals surface area (Å²) < 4.78 is 69.4. The molecule has 1 aromatic carbocycles. The molecule has 0 aliphatic rings. The molecular formula is C9H4F5N3OS. The summed E-state index contributed by atoms with van der Waals surface area (Å²) in [6.45, 7) is -0.521. The van der Waals surface area contributed by atoms with E-state index in [9.17, 15) is 22.0 Å². The Labute approximate surface area is 106 Å². The van der Waals surface area contributed by atoms with Crippen LogP contribution >= 0.6 is 11.3 Å². The molecule has 102 valence electrons. The van der Waals surface area contributed by atoms with Crippen LogP contribution in [0.3, 0.4) is 0 Å². The second kappa shape index (κ2) is 4.96. The van der Waals surface area contributed by atoms with Gasteiger partial charge in [-0.2, -0.15) is 8.78 Å². The Hall–Kier alpha value is -1.97. The molecule has 0 saturated carbocycles. The maximum absolute atomic E-state index is 13.2. The minimum atomic E-state index is -2.25. The number of rotatable bonds is 3. The molecule has 2 N–H and O–H groups in total. The van der Waals surface area contributed by atoms with Crippen molar-refractivity contribution in [2.75, 3.05) is 5.73 Å². The van der Waals surface area contributed by atoms with Gasteiger partial charge in [-0.05, 0) is 0 Å². The zero-order valence-electron chi connectivity index (χ0n) is 8.89. The highest BCUT2D eigenvalue weighted by atomic mass is 32.1. The molecule has 0 atom stereocenters. The summed E-state index contributed by atoms with van der Waals surface area (Å²) in [5, 5.41) is 7.06. The standard InChI is InChI=1S/C9H4F5N3OS/c10-3-4(11)6(13)8(7(14)5(3)12)18-1-2-16-17-9(15)19-2/h1H2,(H2,15,17). The summed E-state index contributed by atoms with van der Waals surface area (Å²) in [5.41, 5.74) is 5.25. The number of nitrogens with zero attached hydrogens (tertiary/aromatic N) is 2. The van der Waals surface area contributed by atoms with Gasteiger partial charge in [-0.25, -0.2) is 13.2 Å². The van der Waals surface area contributed by atoms with Gasteiger partial charge in [0.05, 0.1) is 0 Å². The lowest BCUT2D eigenvalue weighted by Gasteiger charge is -2.08. The number of halogens is 5. The summed E-state index contributed by atoms with van der Waals surface area (Å²) in [5.74, 6) is -11.9. The third-order valence-electron chi connectivity index (χ3n) is 1.99. The first-order valence-corrected chi connectivity index (χ1v) is 5.45. The van der Waals surface area contributed by atoms with Crippen molar-refractivity contribution in [3.05, 3.63) is 34.1 Å². The number of anilines is 1. The van der Waals surface area contributed by atoms with E-state index in [1.54, 1.807) is 0 Å². The maximum atomic E-state index is 13.2. The Morgan fingerprint density at radius 3 is 1.89 bits per heavy atom. The fourth-order valence-electron chi connectivity index (χ4n) is 1.17. The van der Waals surface area contributed by atoms with E-state index in [-0.39, 0.29) is 10.1 Å². The highest BCUT2D eigenvalue weighted by Crippen LogP contribution is 2.29. The van der Waals surface area contributed by atoms with Crippen molar-refractivity contribution in [2.45, 2.75) is 6.61 Å². The topological polar surface area (TPSA) is 61.0 Å². The van der Waals surface area contributed by atoms with Crippen LogP contribution < -0.4 is 10.5 Å². The molecule has 0 aliphatic carbocycles. The van der Waals surface area contributed by atoms with Gasteiger partial charge in [0.2, 0.25) is 34.2 Å². The third kappa shape index (κ3) is 2.43. The molecule has 1 aromatic heterocycles. The monoisotopic (exact) mass is 297 g/mol. The fourth-order valence-corrected chi connectivity index (χ4v) is 1.69. The number of nitrogen functional groups attached to an aromatic ring is 1. The molecule has 0 unspecified atom stereocenters. The average Bonchev–Trinajstić information content (AvgIpc) is 2.80. The molecule has 0 fully saturated rings. The number of ether oxygens (including phenoxy) is 1. The van der Waals surface area contributed by atoms with Crippen LogP contribution in [0.2, 0.25) is 0 Å². The Kier molecular flexibility index (Phi) is 3.51. The van der Waals surface area contributed by atoms with Crippen molar-refractivity contribution >= 4 is 16.5 Å². The Morgan fingerprint density at radius 2 is 1.42 bits per heavy atom. The predicted molar refractivity (Wildman–Crippen MR) is 54.9 cm³/mol. The highest BCUT2D eigenvalue weighted by molar-refractivity contribution is 7.15. The lowest BCUT2D eigenvalue weighted by molar-refractivity contribution is 0.252. The summed E-state index contributed by atoms with van der Waals surface area (Å²) >= 11 is 0.854. The fraction of sp³-hybridized carbons (Fsp3) is 0.111. The quantitative estimate of drug-likeness (QED) is 0.537. The van der Waals surface area contributed by atoms with Gasteiger partial charge in [0, 0.05) is 0 Å². The first-order chi connectivity index (χ1) is 8.91. The van der Waals surface area contributed by atoms with E-state index in [0.29, 0.717) is 0 Å². The minimum absolute atomic E-state index is 0.0796. The van der Waals surface area contributed by atoms with Crippen molar-refractivity contribution in [3.63, 3.8) is 0 Å². The molecule has 10 heteroatoms. The van der Waals surface area contributed by atoms with Crippen molar-refractivity contribution in [2.24, 2.45) is 0 Å². The van der Waals surface area contributed by atoms with E-state index in [2.05, 4.69) is 14.9 Å². The SMILES string of the molecule is Nc1nnc(COc2c(F)c(F)c(F)c(F)c2F)s1. The molecule has 2 rings (SSSR count). The molecule has 2 aromatic rings. The van der Waals surface area contributed by atoms with E-state index in [4.69, 9.17) is 5.73 Å². The number of hydrogen-bond acceptors (Lipinski definition) is 5. The third-order valence-corrected chi connectivity index (χ3v) is 2.72. The van der Waals surface area contributed by atoms with Gasteiger partial charge < -0.3 is 10.5 Å². The smallest absolute Gasteiger partial charge is 0.207 e. The second-order valence-electron chi connectivity index (χ2n) is 3.22. The van der Waals surface area contributed by atoms with Crippen molar-refractivity contribution in [3.8, 4) is 5.75 Å². The minimum Gasteiger partial charge on any atom is -0.480 e. The van der Waals surface area contributed by atoms with E-state index < -0.39 is 41.4 Å². The van der Waals surface area contributed by atoms with Crippen LogP contribution in [0, 0.1) is 29.1 Å². The van der Waals surface area contributed by atoms with Crippen LogP contribution in [-0.4, -0.2) is 10.2 Å². The molecular weight excluding hydrogens is 293 g/mol. The molecule has 0 bridgehead atoms. The van der Waals surface area contributed by atoms with E-state index in [1.165, 1.54) is 0 Å². The van der Waals surface area contributed by atoms with Crippen LogP contribution in [0.5, 0.6) is 5.75 Å². The van der Waals surface area contributed by atoms with E-state index in [1.807, 2.05) is 0 Å². The highest BCUT2D eigenvalue weighted by Gasteiger charge is 2.27. The largest absolute Gasteiger partial charge is 0.480 e. The number of aromatic nitrogens is 2. The molecule has 1 heterocycles. The normalized spacial score (nSPS) is 10.8. The van der Waals surface area contributed by atoms with Gasteiger partial charge in [0.1, 0.15) is 6.61 Å². The predicted octanol–water partition coefficient (Wildman–Crippen LogP) is 2.39. The summed E-state index contributed by atoms with van der Waals surface area (Å²) in [6.07, 6.45) is 0. The molecule has 0 radical (unpaired) electrons. The van der Waals surface area contributed by atoms with Gasteiger partial charge in [0.25, 0.3) is 0 Å². The molecule has 4 nitrogen and oxygen atoms in total. The molecule has 0 amide bonds. The first-order valence-electron chi connectivity index (χ1n) is 4.64. The Morgan fingerprint density at radius 1 is 0.895 bits per heavy atom. The number of hydrogen-bond donors (Lipinski definition) is 1.